The number of thiol groups is 1. The third-order valence-corrected chi connectivity index (χ3v) is 5.76. The molecule has 26 heavy (non-hydrogen) atoms. The van der Waals surface area contributed by atoms with E-state index in [0.29, 0.717) is 0 Å². The summed E-state index contributed by atoms with van der Waals surface area (Å²) in [6, 6.07) is 0. The minimum atomic E-state index is -4.42. The van der Waals surface area contributed by atoms with Gasteiger partial charge in [-0.25, -0.2) is 8.42 Å². The van der Waals surface area contributed by atoms with Crippen molar-refractivity contribution in [2.24, 2.45) is 0 Å². The largest absolute Gasteiger partial charge is 0.726 e. The molecule has 0 aromatic carbocycles. The maximum Gasteiger partial charge on any atom is 0.217 e. The standard InChI is InChI=1S/C18H38S.C2H6O4S/c1-3-5-6-7-8-9-10-11-12-13-14-15-16-17-18-19-4-2;1-2-6-7(3,4)5/h3-18H2,1-2H3;2H2,1H3,(H,3,4,5). The van der Waals surface area contributed by atoms with Crippen molar-refractivity contribution in [1.29, 1.82) is 0 Å². The van der Waals surface area contributed by atoms with Crippen LogP contribution >= 0.6 is 0 Å². The average Bonchev–Trinajstić information content (AvgIpc) is 2.58. The van der Waals surface area contributed by atoms with Crippen LogP contribution in [0.1, 0.15) is 111 Å². The number of hydrogen-bond donors (Lipinski definition) is 0. The van der Waals surface area contributed by atoms with Crippen LogP contribution in [0.5, 0.6) is 0 Å². The third kappa shape index (κ3) is 31.9. The van der Waals surface area contributed by atoms with Crippen LogP contribution in [0, 0.1) is 0 Å². The van der Waals surface area contributed by atoms with Gasteiger partial charge in [0.05, 0.1) is 6.61 Å². The van der Waals surface area contributed by atoms with Gasteiger partial charge in [-0.2, -0.15) is 0 Å². The predicted octanol–water partition coefficient (Wildman–Crippen LogP) is 5.79. The van der Waals surface area contributed by atoms with Crippen molar-refractivity contribution in [3.63, 3.8) is 0 Å². The lowest BCUT2D eigenvalue weighted by Crippen LogP contribution is -2.02. The SMILES string of the molecule is CCCCCCCCCCCCCCCC[SH+]CC.CCOS(=O)(=O)[O-]. The second kappa shape index (κ2) is 23.3. The van der Waals surface area contributed by atoms with E-state index in [2.05, 4.69) is 18.0 Å². The number of unbranched alkanes of at least 4 members (excludes halogenated alkanes) is 13. The van der Waals surface area contributed by atoms with E-state index in [1.807, 2.05) is 0 Å². The summed E-state index contributed by atoms with van der Waals surface area (Å²) in [6.45, 7) is 5.91. The van der Waals surface area contributed by atoms with Gasteiger partial charge in [0.15, 0.2) is 0 Å². The molecule has 0 aliphatic carbocycles. The highest BCUT2D eigenvalue weighted by Gasteiger charge is 1.96. The predicted molar refractivity (Wildman–Crippen MR) is 116 cm³/mol. The van der Waals surface area contributed by atoms with Gasteiger partial charge in [-0.1, -0.05) is 84.0 Å². The van der Waals surface area contributed by atoms with E-state index in [1.165, 1.54) is 108 Å². The van der Waals surface area contributed by atoms with Crippen LogP contribution in [0.15, 0.2) is 0 Å². The molecule has 0 spiro atoms. The molecule has 0 bridgehead atoms. The summed E-state index contributed by atoms with van der Waals surface area (Å²) >= 11 is 1.66. The van der Waals surface area contributed by atoms with Crippen molar-refractivity contribution in [3.05, 3.63) is 0 Å². The molecule has 0 amide bonds. The van der Waals surface area contributed by atoms with Gasteiger partial charge in [-0.05, 0) is 38.5 Å². The molecule has 0 unspecified atom stereocenters. The van der Waals surface area contributed by atoms with Gasteiger partial charge in [-0.15, -0.1) is 0 Å². The smallest absolute Gasteiger partial charge is 0.217 e. The third-order valence-electron chi connectivity index (χ3n) is 4.16. The second-order valence-corrected chi connectivity index (χ2v) is 9.25. The molecular formula is C20H44O4S2. The van der Waals surface area contributed by atoms with Gasteiger partial charge < -0.3 is 4.55 Å². The summed E-state index contributed by atoms with van der Waals surface area (Å²) < 4.78 is 32.0. The second-order valence-electron chi connectivity index (χ2n) is 6.67. The first-order valence-corrected chi connectivity index (χ1v) is 13.3. The summed E-state index contributed by atoms with van der Waals surface area (Å²) in [7, 11) is -4.42. The van der Waals surface area contributed by atoms with E-state index in [9.17, 15) is 13.0 Å². The van der Waals surface area contributed by atoms with E-state index in [4.69, 9.17) is 0 Å². The lowest BCUT2D eigenvalue weighted by Gasteiger charge is -2.02. The van der Waals surface area contributed by atoms with E-state index < -0.39 is 10.4 Å². The van der Waals surface area contributed by atoms with Crippen LogP contribution in [-0.2, 0) is 26.3 Å². The van der Waals surface area contributed by atoms with Gasteiger partial charge in [0.1, 0.15) is 11.5 Å². The highest BCUT2D eigenvalue weighted by atomic mass is 32.3. The fraction of sp³-hybridized carbons (Fsp3) is 1.00. The molecule has 0 heterocycles. The minimum absolute atomic E-state index is 0.0914. The molecule has 4 nitrogen and oxygen atoms in total. The Labute approximate surface area is 168 Å². The quantitative estimate of drug-likeness (QED) is 0.0940. The Bertz CT molecular complexity index is 330. The van der Waals surface area contributed by atoms with E-state index in [0.717, 1.165) is 0 Å². The van der Waals surface area contributed by atoms with Crippen LogP contribution in [0.3, 0.4) is 0 Å². The zero-order chi connectivity index (χ0) is 19.9. The zero-order valence-corrected chi connectivity index (χ0v) is 19.2. The van der Waals surface area contributed by atoms with Crippen LogP contribution in [0.4, 0.5) is 0 Å². The monoisotopic (exact) mass is 412 g/mol. The van der Waals surface area contributed by atoms with Crippen LogP contribution in [-0.4, -0.2) is 31.1 Å². The zero-order valence-electron chi connectivity index (χ0n) is 17.5. The van der Waals surface area contributed by atoms with Crippen LogP contribution in [0.2, 0.25) is 0 Å². The molecule has 160 valence electrons. The van der Waals surface area contributed by atoms with E-state index in [1.54, 1.807) is 11.8 Å². The van der Waals surface area contributed by atoms with Gasteiger partial charge in [0.25, 0.3) is 0 Å². The first-order chi connectivity index (χ1) is 12.5. The topological polar surface area (TPSA) is 66.4 Å². The minimum Gasteiger partial charge on any atom is -0.726 e. The fourth-order valence-electron chi connectivity index (χ4n) is 2.72. The Balaban J connectivity index is 0. The Morgan fingerprint density at radius 1 is 0.692 bits per heavy atom. The van der Waals surface area contributed by atoms with Crippen molar-refractivity contribution in [1.82, 2.24) is 0 Å². The van der Waals surface area contributed by atoms with Crippen molar-refractivity contribution in [2.75, 3.05) is 18.1 Å². The van der Waals surface area contributed by atoms with Crippen molar-refractivity contribution < 1.29 is 17.2 Å². The molecule has 0 aromatic rings. The lowest BCUT2D eigenvalue weighted by atomic mass is 10.0. The van der Waals surface area contributed by atoms with Crippen LogP contribution in [0.25, 0.3) is 0 Å². The highest BCUT2D eigenvalue weighted by molar-refractivity contribution is 7.80. The molecule has 0 saturated carbocycles. The molecule has 6 heteroatoms. The van der Waals surface area contributed by atoms with Gasteiger partial charge in [0, 0.05) is 0 Å². The molecule has 0 aromatic heterocycles. The first-order valence-electron chi connectivity index (χ1n) is 10.7. The summed E-state index contributed by atoms with van der Waals surface area (Å²) in [6.07, 6.45) is 20.6. The average molecular weight is 413 g/mol. The number of hydrogen-bond acceptors (Lipinski definition) is 4. The summed E-state index contributed by atoms with van der Waals surface area (Å²) in [5.41, 5.74) is 0. The highest BCUT2D eigenvalue weighted by Crippen LogP contribution is 2.12. The maximum absolute atomic E-state index is 9.45. The van der Waals surface area contributed by atoms with Gasteiger partial charge in [-0.3, -0.25) is 4.18 Å². The Morgan fingerprint density at radius 2 is 1.08 bits per heavy atom. The van der Waals surface area contributed by atoms with Crippen molar-refractivity contribution >= 4 is 22.2 Å². The maximum atomic E-state index is 9.45. The van der Waals surface area contributed by atoms with E-state index in [-0.39, 0.29) is 6.61 Å². The Hall–Kier alpha value is 0.220. The molecule has 0 atom stereocenters. The summed E-state index contributed by atoms with van der Waals surface area (Å²) in [4.78, 5) is 0. The molecule has 0 saturated heterocycles. The Kier molecular flexibility index (Phi) is 25.4. The summed E-state index contributed by atoms with van der Waals surface area (Å²) in [5.74, 6) is 2.78. The van der Waals surface area contributed by atoms with E-state index >= 15 is 0 Å². The molecule has 0 rings (SSSR count). The molecule has 0 aliphatic rings. The van der Waals surface area contributed by atoms with Crippen molar-refractivity contribution in [3.8, 4) is 0 Å². The molecule has 0 aliphatic heterocycles. The normalized spacial score (nSPS) is 11.2. The molecule has 0 fully saturated rings. The molecule has 0 N–H and O–H groups in total. The number of rotatable bonds is 18. The summed E-state index contributed by atoms with van der Waals surface area (Å²) in [5, 5.41) is 0. The molecular weight excluding hydrogens is 368 g/mol. The fourth-order valence-corrected chi connectivity index (χ4v) is 3.77. The van der Waals surface area contributed by atoms with Crippen LogP contribution < -0.4 is 0 Å². The Morgan fingerprint density at radius 3 is 1.35 bits per heavy atom. The van der Waals surface area contributed by atoms with Crippen molar-refractivity contribution in [2.45, 2.75) is 111 Å². The van der Waals surface area contributed by atoms with Gasteiger partial charge in [0.2, 0.25) is 10.4 Å². The molecule has 0 radical (unpaired) electrons. The van der Waals surface area contributed by atoms with Gasteiger partial charge >= 0.3 is 0 Å². The lowest BCUT2D eigenvalue weighted by molar-refractivity contribution is 0.275. The first kappa shape index (κ1) is 28.4.